The van der Waals surface area contributed by atoms with Crippen LogP contribution >= 0.6 is 0 Å². The van der Waals surface area contributed by atoms with E-state index in [2.05, 4.69) is 46.4 Å². The number of hydrogen-bond acceptors (Lipinski definition) is 4. The van der Waals surface area contributed by atoms with E-state index in [1.54, 1.807) is 0 Å². The highest BCUT2D eigenvalue weighted by molar-refractivity contribution is 5.37. The average molecular weight is 248 g/mol. The molecule has 2 heterocycles. The van der Waals surface area contributed by atoms with E-state index in [0.717, 1.165) is 31.1 Å². The van der Waals surface area contributed by atoms with E-state index in [1.807, 2.05) is 7.05 Å². The Morgan fingerprint density at radius 3 is 2.72 bits per heavy atom. The van der Waals surface area contributed by atoms with Gasteiger partial charge in [0.05, 0.1) is 5.69 Å². The topological polar surface area (TPSA) is 41.0 Å². The minimum atomic E-state index is 0.467. The van der Waals surface area contributed by atoms with E-state index in [9.17, 15) is 0 Å². The second-order valence-corrected chi connectivity index (χ2v) is 5.92. The third-order valence-electron chi connectivity index (χ3n) is 3.73. The zero-order valence-corrected chi connectivity index (χ0v) is 11.7. The maximum absolute atomic E-state index is 4.35. The first-order valence-electron chi connectivity index (χ1n) is 6.83. The van der Waals surface area contributed by atoms with Gasteiger partial charge in [-0.3, -0.25) is 0 Å². The molecule has 2 rings (SSSR count). The number of nitrogens with one attached hydrogen (secondary N) is 1. The summed E-state index contributed by atoms with van der Waals surface area (Å²) in [7, 11) is 1.92. The van der Waals surface area contributed by atoms with Crippen molar-refractivity contribution in [1.82, 2.24) is 15.5 Å². The van der Waals surface area contributed by atoms with Crippen molar-refractivity contribution in [2.75, 3.05) is 25.0 Å². The number of nitrogens with zero attached hydrogens (tertiary/aromatic N) is 3. The molecule has 4 heteroatoms. The van der Waals surface area contributed by atoms with E-state index in [0.29, 0.717) is 5.41 Å². The monoisotopic (exact) mass is 248 g/mol. The number of rotatable bonds is 3. The lowest BCUT2D eigenvalue weighted by atomic mass is 9.85. The van der Waals surface area contributed by atoms with Crippen LogP contribution in [0.5, 0.6) is 0 Å². The van der Waals surface area contributed by atoms with E-state index in [1.165, 1.54) is 19.3 Å². The van der Waals surface area contributed by atoms with Crippen LogP contribution in [0.25, 0.3) is 0 Å². The average Bonchev–Trinajstić information content (AvgIpc) is 2.52. The molecule has 1 aromatic rings. The summed E-state index contributed by atoms with van der Waals surface area (Å²) in [4.78, 5) is 2.37. The van der Waals surface area contributed by atoms with Crippen molar-refractivity contribution in [3.8, 4) is 0 Å². The summed E-state index contributed by atoms with van der Waals surface area (Å²) in [5.74, 6) is 1.02. The smallest absolute Gasteiger partial charge is 0.151 e. The summed E-state index contributed by atoms with van der Waals surface area (Å²) in [6.07, 6.45) is 3.77. The lowest BCUT2D eigenvalue weighted by molar-refractivity contribution is 0.325. The molecule has 4 nitrogen and oxygen atoms in total. The highest BCUT2D eigenvalue weighted by atomic mass is 15.3. The molecule has 0 amide bonds. The van der Waals surface area contributed by atoms with Crippen LogP contribution in [0.15, 0.2) is 12.1 Å². The van der Waals surface area contributed by atoms with Gasteiger partial charge in [-0.2, -0.15) is 5.10 Å². The normalized spacial score (nSPS) is 19.6. The molecule has 1 saturated heterocycles. The van der Waals surface area contributed by atoms with E-state index < -0.39 is 0 Å². The molecule has 100 valence electrons. The maximum Gasteiger partial charge on any atom is 0.151 e. The van der Waals surface area contributed by atoms with Gasteiger partial charge in [0.25, 0.3) is 0 Å². The van der Waals surface area contributed by atoms with Crippen LogP contribution in [-0.2, 0) is 6.54 Å². The van der Waals surface area contributed by atoms with Crippen molar-refractivity contribution in [3.63, 3.8) is 0 Å². The van der Waals surface area contributed by atoms with Gasteiger partial charge in [-0.05, 0) is 43.9 Å². The molecule has 0 saturated carbocycles. The second-order valence-electron chi connectivity index (χ2n) is 5.92. The molecule has 0 bridgehead atoms. The van der Waals surface area contributed by atoms with Crippen LogP contribution in [0, 0.1) is 5.41 Å². The van der Waals surface area contributed by atoms with Crippen LogP contribution in [0.4, 0.5) is 5.82 Å². The van der Waals surface area contributed by atoms with Crippen LogP contribution in [0.2, 0.25) is 0 Å². The first kappa shape index (κ1) is 13.3. The molecule has 18 heavy (non-hydrogen) atoms. The van der Waals surface area contributed by atoms with E-state index in [4.69, 9.17) is 0 Å². The van der Waals surface area contributed by atoms with Gasteiger partial charge in [0.1, 0.15) is 0 Å². The number of anilines is 1. The number of aromatic nitrogens is 2. The fraction of sp³-hybridized carbons (Fsp3) is 0.714. The molecule has 1 aromatic heterocycles. The van der Waals surface area contributed by atoms with Gasteiger partial charge >= 0.3 is 0 Å². The Hall–Kier alpha value is -1.16. The van der Waals surface area contributed by atoms with Crippen LogP contribution in [-0.4, -0.2) is 30.3 Å². The Kier molecular flexibility index (Phi) is 4.17. The van der Waals surface area contributed by atoms with Crippen LogP contribution < -0.4 is 10.2 Å². The minimum Gasteiger partial charge on any atom is -0.355 e. The Balaban J connectivity index is 2.02. The molecule has 0 spiro atoms. The van der Waals surface area contributed by atoms with Crippen molar-refractivity contribution in [2.24, 2.45) is 5.41 Å². The first-order chi connectivity index (χ1) is 8.61. The van der Waals surface area contributed by atoms with E-state index in [-0.39, 0.29) is 0 Å². The lowest BCUT2D eigenvalue weighted by Crippen LogP contribution is -2.26. The Labute approximate surface area is 110 Å². The molecule has 1 aliphatic rings. The molecule has 1 fully saturated rings. The Bertz CT molecular complexity index is 372. The quantitative estimate of drug-likeness (QED) is 0.890. The third-order valence-corrected chi connectivity index (χ3v) is 3.73. The van der Waals surface area contributed by atoms with Gasteiger partial charge in [-0.1, -0.05) is 13.8 Å². The lowest BCUT2D eigenvalue weighted by Gasteiger charge is -2.23. The summed E-state index contributed by atoms with van der Waals surface area (Å²) in [5.41, 5.74) is 1.46. The fourth-order valence-corrected chi connectivity index (χ4v) is 2.45. The van der Waals surface area contributed by atoms with Crippen molar-refractivity contribution in [1.29, 1.82) is 0 Å². The van der Waals surface area contributed by atoms with Crippen LogP contribution in [0.1, 0.15) is 38.8 Å². The molecule has 1 aliphatic heterocycles. The molecule has 0 aromatic carbocycles. The largest absolute Gasteiger partial charge is 0.355 e. The highest BCUT2D eigenvalue weighted by Crippen LogP contribution is 2.30. The number of hydrogen-bond donors (Lipinski definition) is 1. The highest BCUT2D eigenvalue weighted by Gasteiger charge is 2.23. The van der Waals surface area contributed by atoms with Gasteiger partial charge < -0.3 is 10.2 Å². The summed E-state index contributed by atoms with van der Waals surface area (Å²) in [5, 5.41) is 11.7. The van der Waals surface area contributed by atoms with Gasteiger partial charge in [0.15, 0.2) is 5.82 Å². The molecule has 1 N–H and O–H groups in total. The Morgan fingerprint density at radius 2 is 2.06 bits per heavy atom. The molecular formula is C14H24N4. The van der Waals surface area contributed by atoms with Crippen molar-refractivity contribution in [2.45, 2.75) is 39.7 Å². The standard InChI is InChI=1S/C14H24N4/c1-14(2)7-4-9-18(10-8-14)13-6-5-12(11-15-3)16-17-13/h5-6,15H,4,7-11H2,1-3H3. The zero-order valence-electron chi connectivity index (χ0n) is 11.7. The van der Waals surface area contributed by atoms with Gasteiger partial charge in [0.2, 0.25) is 0 Å². The molecule has 0 unspecified atom stereocenters. The van der Waals surface area contributed by atoms with Gasteiger partial charge in [-0.15, -0.1) is 5.10 Å². The van der Waals surface area contributed by atoms with Gasteiger partial charge in [-0.25, -0.2) is 0 Å². The van der Waals surface area contributed by atoms with Crippen molar-refractivity contribution in [3.05, 3.63) is 17.8 Å². The second kappa shape index (κ2) is 5.65. The predicted molar refractivity (Wildman–Crippen MR) is 74.6 cm³/mol. The molecule has 0 radical (unpaired) electrons. The molecule has 0 aliphatic carbocycles. The van der Waals surface area contributed by atoms with Crippen molar-refractivity contribution >= 4 is 5.82 Å². The molecular weight excluding hydrogens is 224 g/mol. The SMILES string of the molecule is CNCc1ccc(N2CCCC(C)(C)CC2)nn1. The van der Waals surface area contributed by atoms with E-state index >= 15 is 0 Å². The minimum absolute atomic E-state index is 0.467. The summed E-state index contributed by atoms with van der Waals surface area (Å²) in [6, 6.07) is 4.16. The summed E-state index contributed by atoms with van der Waals surface area (Å²) < 4.78 is 0. The first-order valence-corrected chi connectivity index (χ1v) is 6.83. The summed E-state index contributed by atoms with van der Waals surface area (Å²) in [6.45, 7) is 7.69. The maximum atomic E-state index is 4.35. The Morgan fingerprint density at radius 1 is 1.22 bits per heavy atom. The fourth-order valence-electron chi connectivity index (χ4n) is 2.45. The van der Waals surface area contributed by atoms with Gasteiger partial charge in [0, 0.05) is 19.6 Å². The summed E-state index contributed by atoms with van der Waals surface area (Å²) >= 11 is 0. The van der Waals surface area contributed by atoms with Crippen molar-refractivity contribution < 1.29 is 0 Å². The predicted octanol–water partition coefficient (Wildman–Crippen LogP) is 2.21. The van der Waals surface area contributed by atoms with Crippen LogP contribution in [0.3, 0.4) is 0 Å². The molecule has 0 atom stereocenters. The zero-order chi connectivity index (χ0) is 13.0. The third kappa shape index (κ3) is 3.42.